The maximum Gasteiger partial charge on any atom is 0.249 e. The highest BCUT2D eigenvalue weighted by atomic mass is 16.7. The Hall–Kier alpha value is -1.15. The Morgan fingerprint density at radius 1 is 0.486 bits per heavy atom. The molecule has 11 heteroatoms. The number of unbranched alkanes of at least 4 members (excludes halogenated alkanes) is 38. The van der Waals surface area contributed by atoms with Crippen molar-refractivity contribution >= 4 is 5.91 Å². The summed E-state index contributed by atoms with van der Waals surface area (Å²) in [4.78, 5) is 13.1. The Bertz CT molecular complexity index is 1140. The standard InChI is InChI=1S/C59H115NO10/c1-3-5-7-9-11-13-15-17-19-20-21-22-23-24-25-26-27-28-29-30-31-32-33-35-36-38-40-42-44-46-51(62)54(64)50(49-69-59-57(67)56(66)55(65)53(48-61)70-59)60-58(68)52(63)47-45-43-41-39-37-34-18-16-14-12-10-8-6-4-2/h38,40,50-57,59,61-67H,3-37,39,41-49H2,1-2H3,(H,60,68)/b40-38+. The van der Waals surface area contributed by atoms with Crippen LogP contribution in [0.5, 0.6) is 0 Å². The molecule has 0 aromatic carbocycles. The predicted octanol–water partition coefficient (Wildman–Crippen LogP) is 12.7. The number of amides is 1. The molecular weight excluding hydrogens is 883 g/mol. The Morgan fingerprint density at radius 3 is 1.23 bits per heavy atom. The molecule has 70 heavy (non-hydrogen) atoms. The van der Waals surface area contributed by atoms with Gasteiger partial charge in [0.05, 0.1) is 25.4 Å². The van der Waals surface area contributed by atoms with Crippen molar-refractivity contribution in [3.8, 4) is 0 Å². The Balaban J connectivity index is 2.25. The average molecular weight is 999 g/mol. The van der Waals surface area contributed by atoms with E-state index >= 15 is 0 Å². The summed E-state index contributed by atoms with van der Waals surface area (Å²) in [6.07, 6.45) is 45.7. The number of aliphatic hydroxyl groups excluding tert-OH is 7. The fourth-order valence-corrected chi connectivity index (χ4v) is 9.92. The van der Waals surface area contributed by atoms with E-state index < -0.39 is 74.2 Å². The summed E-state index contributed by atoms with van der Waals surface area (Å²) in [7, 11) is 0. The van der Waals surface area contributed by atoms with Gasteiger partial charge in [-0.05, 0) is 38.5 Å². The summed E-state index contributed by atoms with van der Waals surface area (Å²) in [5.41, 5.74) is 0. The molecule has 0 bridgehead atoms. The van der Waals surface area contributed by atoms with Gasteiger partial charge in [-0.3, -0.25) is 4.79 Å². The first-order valence-corrected chi connectivity index (χ1v) is 30.1. The van der Waals surface area contributed by atoms with E-state index in [1.165, 1.54) is 212 Å². The first-order chi connectivity index (χ1) is 34.2. The number of allylic oxidation sites excluding steroid dienone is 2. The number of aliphatic hydroxyl groups is 7. The fourth-order valence-electron chi connectivity index (χ4n) is 9.92. The van der Waals surface area contributed by atoms with Crippen LogP contribution in [0.2, 0.25) is 0 Å². The zero-order chi connectivity index (χ0) is 51.1. The third-order valence-corrected chi connectivity index (χ3v) is 14.8. The lowest BCUT2D eigenvalue weighted by Gasteiger charge is -2.40. The Labute approximate surface area is 430 Å². The van der Waals surface area contributed by atoms with Gasteiger partial charge in [0.1, 0.15) is 36.6 Å². The van der Waals surface area contributed by atoms with Crippen molar-refractivity contribution < 1.29 is 50.0 Å². The molecule has 1 fully saturated rings. The van der Waals surface area contributed by atoms with E-state index in [1.54, 1.807) is 0 Å². The number of hydrogen-bond donors (Lipinski definition) is 8. The zero-order valence-corrected chi connectivity index (χ0v) is 45.5. The molecule has 416 valence electrons. The van der Waals surface area contributed by atoms with Crippen LogP contribution in [0.3, 0.4) is 0 Å². The molecule has 9 atom stereocenters. The van der Waals surface area contributed by atoms with Crippen LogP contribution in [0.1, 0.15) is 290 Å². The quantitative estimate of drug-likeness (QED) is 0.0215. The summed E-state index contributed by atoms with van der Waals surface area (Å²) >= 11 is 0. The number of hydrogen-bond acceptors (Lipinski definition) is 10. The van der Waals surface area contributed by atoms with Crippen LogP contribution >= 0.6 is 0 Å². The van der Waals surface area contributed by atoms with E-state index in [4.69, 9.17) is 9.47 Å². The van der Waals surface area contributed by atoms with Gasteiger partial charge >= 0.3 is 0 Å². The van der Waals surface area contributed by atoms with Gasteiger partial charge in [0.15, 0.2) is 6.29 Å². The minimum atomic E-state index is -1.66. The van der Waals surface area contributed by atoms with Gasteiger partial charge in [-0.25, -0.2) is 0 Å². The monoisotopic (exact) mass is 998 g/mol. The molecule has 1 rings (SSSR count). The second kappa shape index (κ2) is 48.8. The second-order valence-electron chi connectivity index (χ2n) is 21.4. The van der Waals surface area contributed by atoms with Crippen LogP contribution in [0.15, 0.2) is 12.2 Å². The molecule has 1 aliphatic rings. The highest BCUT2D eigenvalue weighted by Crippen LogP contribution is 2.23. The fraction of sp³-hybridized carbons (Fsp3) is 0.949. The lowest BCUT2D eigenvalue weighted by Crippen LogP contribution is -2.60. The number of carbonyl (C=O) groups excluding carboxylic acids is 1. The highest BCUT2D eigenvalue weighted by Gasteiger charge is 2.44. The molecule has 1 saturated heterocycles. The molecule has 0 radical (unpaired) electrons. The van der Waals surface area contributed by atoms with Crippen molar-refractivity contribution in [1.82, 2.24) is 5.32 Å². The van der Waals surface area contributed by atoms with Gasteiger partial charge in [0.2, 0.25) is 5.91 Å². The van der Waals surface area contributed by atoms with E-state index in [1.807, 2.05) is 0 Å². The molecule has 0 aromatic heterocycles. The van der Waals surface area contributed by atoms with Crippen molar-refractivity contribution in [2.24, 2.45) is 0 Å². The van der Waals surface area contributed by atoms with E-state index in [0.717, 1.165) is 38.5 Å². The molecular formula is C59H115NO10. The van der Waals surface area contributed by atoms with Gasteiger partial charge in [-0.15, -0.1) is 0 Å². The van der Waals surface area contributed by atoms with Gasteiger partial charge in [-0.1, -0.05) is 264 Å². The molecule has 11 nitrogen and oxygen atoms in total. The smallest absolute Gasteiger partial charge is 0.249 e. The van der Waals surface area contributed by atoms with Crippen molar-refractivity contribution in [2.75, 3.05) is 13.2 Å². The van der Waals surface area contributed by atoms with E-state index in [2.05, 4.69) is 31.3 Å². The van der Waals surface area contributed by atoms with Crippen LogP contribution < -0.4 is 5.32 Å². The molecule has 9 unspecified atom stereocenters. The molecule has 0 spiro atoms. The summed E-state index contributed by atoms with van der Waals surface area (Å²) in [5.74, 6) is -0.702. The number of nitrogens with one attached hydrogen (secondary N) is 1. The molecule has 0 aliphatic carbocycles. The number of carbonyl (C=O) groups is 1. The minimum Gasteiger partial charge on any atom is -0.394 e. The number of ether oxygens (including phenoxy) is 2. The van der Waals surface area contributed by atoms with Gasteiger partial charge in [0.25, 0.3) is 0 Å². The van der Waals surface area contributed by atoms with Crippen LogP contribution in [0, 0.1) is 0 Å². The van der Waals surface area contributed by atoms with Crippen LogP contribution in [-0.2, 0) is 14.3 Å². The molecule has 0 saturated carbocycles. The third kappa shape index (κ3) is 36.7. The van der Waals surface area contributed by atoms with Gasteiger partial charge in [-0.2, -0.15) is 0 Å². The SMILES string of the molecule is CCCCCCCCCCCCCCCCCCCCCCCCCC/C=C/CCCC(O)C(O)C(COC1OC(CO)C(O)C(O)C1O)NC(=O)C(O)CCCCCCCCCCCCCCCC. The highest BCUT2D eigenvalue weighted by molar-refractivity contribution is 5.80. The second-order valence-corrected chi connectivity index (χ2v) is 21.4. The van der Waals surface area contributed by atoms with E-state index in [9.17, 15) is 40.5 Å². The van der Waals surface area contributed by atoms with Crippen LogP contribution in [0.4, 0.5) is 0 Å². The Morgan fingerprint density at radius 2 is 0.843 bits per heavy atom. The largest absolute Gasteiger partial charge is 0.394 e. The first-order valence-electron chi connectivity index (χ1n) is 30.1. The maximum absolute atomic E-state index is 13.1. The van der Waals surface area contributed by atoms with E-state index in [-0.39, 0.29) is 12.8 Å². The predicted molar refractivity (Wildman–Crippen MR) is 289 cm³/mol. The summed E-state index contributed by atoms with van der Waals surface area (Å²) in [6.45, 7) is 3.47. The molecule has 8 N–H and O–H groups in total. The third-order valence-electron chi connectivity index (χ3n) is 14.8. The van der Waals surface area contributed by atoms with Crippen molar-refractivity contribution in [3.63, 3.8) is 0 Å². The summed E-state index contributed by atoms with van der Waals surface area (Å²) < 4.78 is 11.1. The molecule has 1 heterocycles. The van der Waals surface area contributed by atoms with Crippen LogP contribution in [-0.4, -0.2) is 110 Å². The maximum atomic E-state index is 13.1. The zero-order valence-electron chi connectivity index (χ0n) is 45.5. The topological polar surface area (TPSA) is 189 Å². The summed E-state index contributed by atoms with van der Waals surface area (Å²) in [6, 6.07) is -1.18. The normalized spacial score (nSPS) is 20.3. The van der Waals surface area contributed by atoms with Crippen LogP contribution in [0.25, 0.3) is 0 Å². The van der Waals surface area contributed by atoms with Crippen molar-refractivity contribution in [2.45, 2.75) is 345 Å². The Kier molecular flexibility index (Phi) is 46.6. The molecule has 1 aliphatic heterocycles. The number of rotatable bonds is 52. The average Bonchev–Trinajstić information content (AvgIpc) is 3.36. The minimum absolute atomic E-state index is 0.259. The lowest BCUT2D eigenvalue weighted by atomic mass is 9.98. The van der Waals surface area contributed by atoms with Crippen molar-refractivity contribution in [1.29, 1.82) is 0 Å². The lowest BCUT2D eigenvalue weighted by molar-refractivity contribution is -0.303. The molecule has 0 aromatic rings. The first kappa shape index (κ1) is 66.9. The molecule has 1 amide bonds. The van der Waals surface area contributed by atoms with Crippen molar-refractivity contribution in [3.05, 3.63) is 12.2 Å². The van der Waals surface area contributed by atoms with Gasteiger partial charge < -0.3 is 50.5 Å². The summed E-state index contributed by atoms with van der Waals surface area (Å²) in [5, 5.41) is 76.1. The van der Waals surface area contributed by atoms with E-state index in [0.29, 0.717) is 12.8 Å². The van der Waals surface area contributed by atoms with Gasteiger partial charge in [0, 0.05) is 0 Å².